The highest BCUT2D eigenvalue weighted by Crippen LogP contribution is 2.13. The molecule has 0 saturated heterocycles. The Morgan fingerprint density at radius 3 is 1.35 bits per heavy atom. The van der Waals surface area contributed by atoms with E-state index >= 15 is 0 Å². The van der Waals surface area contributed by atoms with E-state index in [1.54, 1.807) is 0 Å². The number of alkyl halides is 1. The van der Waals surface area contributed by atoms with Crippen molar-refractivity contribution in [3.8, 4) is 0 Å². The first-order valence-electron chi connectivity index (χ1n) is 10.1. The van der Waals surface area contributed by atoms with Gasteiger partial charge in [-0.05, 0) is 6.42 Å². The van der Waals surface area contributed by atoms with Crippen LogP contribution in [0.4, 0.5) is 0 Å². The van der Waals surface area contributed by atoms with Gasteiger partial charge in [0.2, 0.25) is 5.91 Å². The molecule has 0 spiro atoms. The first-order chi connectivity index (χ1) is 11.3. The third kappa shape index (κ3) is 20.2. The van der Waals surface area contributed by atoms with Crippen LogP contribution >= 0.6 is 22.6 Å². The molecule has 0 aliphatic heterocycles. The van der Waals surface area contributed by atoms with Crippen LogP contribution in [0.1, 0.15) is 110 Å². The topological polar surface area (TPSA) is 29.1 Å². The fourth-order valence-electron chi connectivity index (χ4n) is 2.95. The van der Waals surface area contributed by atoms with Crippen molar-refractivity contribution in [3.05, 3.63) is 0 Å². The van der Waals surface area contributed by atoms with E-state index < -0.39 is 0 Å². The second-order valence-corrected chi connectivity index (χ2v) is 7.55. The van der Waals surface area contributed by atoms with Crippen LogP contribution in [0.3, 0.4) is 0 Å². The largest absolute Gasteiger partial charge is 0.355 e. The Hall–Kier alpha value is 0.200. The minimum Gasteiger partial charge on any atom is -0.355 e. The molecule has 138 valence electrons. The van der Waals surface area contributed by atoms with Crippen LogP contribution in [-0.2, 0) is 4.79 Å². The summed E-state index contributed by atoms with van der Waals surface area (Å²) in [7, 11) is 0. The van der Waals surface area contributed by atoms with Crippen molar-refractivity contribution in [1.29, 1.82) is 0 Å². The van der Waals surface area contributed by atoms with Gasteiger partial charge in [0.25, 0.3) is 0 Å². The molecule has 0 saturated carbocycles. The summed E-state index contributed by atoms with van der Waals surface area (Å²) in [5.74, 6) is 0.173. The van der Waals surface area contributed by atoms with Crippen molar-refractivity contribution >= 4 is 28.5 Å². The van der Waals surface area contributed by atoms with Gasteiger partial charge < -0.3 is 5.32 Å². The quantitative estimate of drug-likeness (QED) is 0.143. The summed E-state index contributed by atoms with van der Waals surface area (Å²) in [6, 6.07) is 0. The smallest absolute Gasteiger partial charge is 0.229 e. The van der Waals surface area contributed by atoms with Crippen LogP contribution in [0, 0.1) is 0 Å². The van der Waals surface area contributed by atoms with E-state index in [1.165, 1.54) is 96.3 Å². The molecule has 0 atom stereocenters. The zero-order chi connectivity index (χ0) is 17.0. The van der Waals surface area contributed by atoms with Gasteiger partial charge in [-0.15, -0.1) is 0 Å². The summed E-state index contributed by atoms with van der Waals surface area (Å²) in [4.78, 5) is 11.1. The van der Waals surface area contributed by atoms with Gasteiger partial charge in [-0.2, -0.15) is 0 Å². The van der Waals surface area contributed by atoms with Crippen molar-refractivity contribution in [2.75, 3.05) is 11.0 Å². The summed E-state index contributed by atoms with van der Waals surface area (Å²) in [5, 5.41) is 2.94. The van der Waals surface area contributed by atoms with E-state index in [4.69, 9.17) is 0 Å². The third-order valence-corrected chi connectivity index (χ3v) is 5.17. The van der Waals surface area contributed by atoms with E-state index in [0.717, 1.165) is 13.0 Å². The van der Waals surface area contributed by atoms with Gasteiger partial charge in [-0.1, -0.05) is 126 Å². The second kappa shape index (κ2) is 20.2. The highest BCUT2D eigenvalue weighted by Gasteiger charge is 1.97. The van der Waals surface area contributed by atoms with Crippen LogP contribution < -0.4 is 5.32 Å². The highest BCUT2D eigenvalue weighted by molar-refractivity contribution is 14.1. The lowest BCUT2D eigenvalue weighted by atomic mass is 10.0. The van der Waals surface area contributed by atoms with Gasteiger partial charge >= 0.3 is 0 Å². The lowest BCUT2D eigenvalue weighted by Crippen LogP contribution is -2.25. The minimum absolute atomic E-state index is 0.173. The summed E-state index contributed by atoms with van der Waals surface area (Å²) in [6.45, 7) is 3.15. The first kappa shape index (κ1) is 23.2. The molecule has 0 bridgehead atoms. The van der Waals surface area contributed by atoms with Gasteiger partial charge in [0.1, 0.15) is 0 Å². The monoisotopic (exact) mass is 437 g/mol. The number of carbonyl (C=O) groups excluding carboxylic acids is 1. The predicted molar refractivity (Wildman–Crippen MR) is 111 cm³/mol. The number of amides is 1. The SMILES string of the molecule is CCCCCCCCCCCCCCCCCCNC(=O)CI. The van der Waals surface area contributed by atoms with E-state index in [1.807, 2.05) is 0 Å². The van der Waals surface area contributed by atoms with Gasteiger partial charge in [0.15, 0.2) is 0 Å². The maximum Gasteiger partial charge on any atom is 0.229 e. The van der Waals surface area contributed by atoms with Gasteiger partial charge in [0.05, 0.1) is 4.43 Å². The van der Waals surface area contributed by atoms with Crippen molar-refractivity contribution in [3.63, 3.8) is 0 Å². The lowest BCUT2D eigenvalue weighted by Gasteiger charge is -2.04. The van der Waals surface area contributed by atoms with E-state index in [-0.39, 0.29) is 5.91 Å². The van der Waals surface area contributed by atoms with Crippen LogP contribution in [0.25, 0.3) is 0 Å². The number of halogens is 1. The molecule has 1 N–H and O–H groups in total. The zero-order valence-electron chi connectivity index (χ0n) is 15.5. The number of carbonyl (C=O) groups is 1. The standard InChI is InChI=1S/C20H40INO/c1-2-3-4-5-6-7-8-9-10-11-12-13-14-15-16-17-18-22-20(23)19-21/h2-19H2,1H3,(H,22,23). The van der Waals surface area contributed by atoms with Gasteiger partial charge in [-0.25, -0.2) is 0 Å². The molecule has 0 radical (unpaired) electrons. The fraction of sp³-hybridized carbons (Fsp3) is 0.950. The molecule has 0 aromatic rings. The van der Waals surface area contributed by atoms with Gasteiger partial charge in [0, 0.05) is 6.54 Å². The highest BCUT2D eigenvalue weighted by atomic mass is 127. The molecule has 0 aliphatic rings. The second-order valence-electron chi connectivity index (χ2n) is 6.79. The molecule has 0 aliphatic carbocycles. The Kier molecular flexibility index (Phi) is 20.4. The Balaban J connectivity index is 2.99. The number of hydrogen-bond donors (Lipinski definition) is 1. The van der Waals surface area contributed by atoms with Crippen LogP contribution in [0.5, 0.6) is 0 Å². The molecule has 1 amide bonds. The molecule has 3 heteroatoms. The Morgan fingerprint density at radius 1 is 0.652 bits per heavy atom. The summed E-state index contributed by atoms with van der Waals surface area (Å²) >= 11 is 2.11. The van der Waals surface area contributed by atoms with E-state index in [2.05, 4.69) is 34.8 Å². The van der Waals surface area contributed by atoms with Crippen molar-refractivity contribution in [2.24, 2.45) is 0 Å². The number of unbranched alkanes of at least 4 members (excludes halogenated alkanes) is 15. The molecule has 0 unspecified atom stereocenters. The summed E-state index contributed by atoms with van der Waals surface area (Å²) < 4.78 is 0.580. The molecule has 2 nitrogen and oxygen atoms in total. The Morgan fingerprint density at radius 2 is 1.00 bits per heavy atom. The lowest BCUT2D eigenvalue weighted by molar-refractivity contribution is -0.118. The Labute approximate surface area is 159 Å². The van der Waals surface area contributed by atoms with E-state index in [9.17, 15) is 4.79 Å². The van der Waals surface area contributed by atoms with Gasteiger partial charge in [-0.3, -0.25) is 4.79 Å². The molecule has 0 aromatic carbocycles. The summed E-state index contributed by atoms with van der Waals surface area (Å²) in [5.41, 5.74) is 0. The molecular weight excluding hydrogens is 397 g/mol. The van der Waals surface area contributed by atoms with Crippen LogP contribution in [0.2, 0.25) is 0 Å². The van der Waals surface area contributed by atoms with Crippen molar-refractivity contribution < 1.29 is 4.79 Å². The summed E-state index contributed by atoms with van der Waals surface area (Å²) in [6.07, 6.45) is 22.3. The predicted octanol–water partition coefficient (Wildman–Crippen LogP) is 6.80. The number of rotatable bonds is 18. The first-order valence-corrected chi connectivity index (χ1v) is 11.7. The van der Waals surface area contributed by atoms with E-state index in [0.29, 0.717) is 4.43 Å². The van der Waals surface area contributed by atoms with Crippen molar-refractivity contribution in [2.45, 2.75) is 110 Å². The normalized spacial score (nSPS) is 10.9. The molecule has 0 heterocycles. The molecular formula is C20H40INO. The molecule has 0 aromatic heterocycles. The van der Waals surface area contributed by atoms with Crippen LogP contribution in [0.15, 0.2) is 0 Å². The molecule has 0 rings (SSSR count). The minimum atomic E-state index is 0.173. The number of nitrogens with one attached hydrogen (secondary N) is 1. The maximum atomic E-state index is 11.1. The van der Waals surface area contributed by atoms with Crippen molar-refractivity contribution in [1.82, 2.24) is 5.32 Å². The van der Waals surface area contributed by atoms with Crippen LogP contribution in [-0.4, -0.2) is 16.9 Å². The fourth-order valence-corrected chi connectivity index (χ4v) is 3.22. The Bertz CT molecular complexity index is 246. The average molecular weight is 437 g/mol. The maximum absolute atomic E-state index is 11.1. The number of hydrogen-bond acceptors (Lipinski definition) is 1. The zero-order valence-corrected chi connectivity index (χ0v) is 17.7. The third-order valence-electron chi connectivity index (χ3n) is 4.47. The molecule has 0 fully saturated rings. The molecule has 23 heavy (non-hydrogen) atoms. The average Bonchev–Trinajstić information content (AvgIpc) is 2.57.